The average Bonchev–Trinajstić information content (AvgIpc) is 2.98. The van der Waals surface area contributed by atoms with Gasteiger partial charge in [-0.1, -0.05) is 41.9 Å². The second kappa shape index (κ2) is 7.68. The van der Waals surface area contributed by atoms with Gasteiger partial charge in [-0.05, 0) is 86.5 Å². The van der Waals surface area contributed by atoms with Gasteiger partial charge in [-0.25, -0.2) is 0 Å². The number of nitrogens with zero attached hydrogens (tertiary/aromatic N) is 1. The molecule has 1 amide bonds. The van der Waals surface area contributed by atoms with Gasteiger partial charge in [0.25, 0.3) is 5.91 Å². The quantitative estimate of drug-likeness (QED) is 0.633. The van der Waals surface area contributed by atoms with Gasteiger partial charge >= 0.3 is 0 Å². The highest BCUT2D eigenvalue weighted by Gasteiger charge is 2.58. The van der Waals surface area contributed by atoms with E-state index in [1.807, 2.05) is 30.3 Å². The van der Waals surface area contributed by atoms with Crippen molar-refractivity contribution in [2.45, 2.75) is 57.0 Å². The Hall–Kier alpha value is -2.17. The van der Waals surface area contributed by atoms with Gasteiger partial charge in [0.15, 0.2) is 5.60 Å². The summed E-state index contributed by atoms with van der Waals surface area (Å²) in [6.07, 6.45) is 7.08. The van der Waals surface area contributed by atoms with Crippen LogP contribution in [0.25, 0.3) is 0 Å². The molecule has 1 heterocycles. The first-order chi connectivity index (χ1) is 15.9. The van der Waals surface area contributed by atoms with Gasteiger partial charge in [0.2, 0.25) is 0 Å². The minimum absolute atomic E-state index is 0.0771. The molecule has 4 saturated carbocycles. The van der Waals surface area contributed by atoms with Crippen LogP contribution in [0.5, 0.6) is 0 Å². The molecule has 7 rings (SSSR count). The Kier molecular flexibility index (Phi) is 4.97. The second-order valence-corrected chi connectivity index (χ2v) is 11.4. The zero-order valence-corrected chi connectivity index (χ0v) is 19.6. The van der Waals surface area contributed by atoms with Gasteiger partial charge in [0, 0.05) is 29.0 Å². The molecule has 4 aliphatic carbocycles. The molecule has 0 radical (unpaired) electrons. The van der Waals surface area contributed by atoms with Crippen molar-refractivity contribution in [1.29, 1.82) is 0 Å². The number of fused-ring (bicyclic) bond motifs is 1. The van der Waals surface area contributed by atoms with Crippen LogP contribution in [-0.4, -0.2) is 23.3 Å². The van der Waals surface area contributed by atoms with Gasteiger partial charge in [-0.2, -0.15) is 0 Å². The van der Waals surface area contributed by atoms with E-state index in [9.17, 15) is 14.7 Å². The fraction of sp³-hybridized carbons (Fsp3) is 0.500. The van der Waals surface area contributed by atoms with Gasteiger partial charge < -0.3 is 10.0 Å². The molecule has 0 aromatic heterocycles. The summed E-state index contributed by atoms with van der Waals surface area (Å²) in [5.41, 5.74) is 0.0892. The number of halogens is 1. The summed E-state index contributed by atoms with van der Waals surface area (Å²) in [6.45, 7) is 0.450. The van der Waals surface area contributed by atoms with Crippen molar-refractivity contribution in [2.75, 3.05) is 11.4 Å². The van der Waals surface area contributed by atoms with E-state index in [0.29, 0.717) is 47.0 Å². The Morgan fingerprint density at radius 1 is 1.00 bits per heavy atom. The van der Waals surface area contributed by atoms with Crippen LogP contribution < -0.4 is 4.90 Å². The second-order valence-electron chi connectivity index (χ2n) is 11.0. The molecule has 33 heavy (non-hydrogen) atoms. The third-order valence-electron chi connectivity index (χ3n) is 8.81. The number of benzene rings is 2. The van der Waals surface area contributed by atoms with Gasteiger partial charge in [-0.3, -0.25) is 9.59 Å². The SMILES string of the molecule is O=C(C[C@@]1(O)C(=O)N(CCc2ccccc2)c2ccc(Cl)cc21)C12CC3CC(CC(C3)C1)C2. The van der Waals surface area contributed by atoms with E-state index in [1.54, 1.807) is 23.1 Å². The van der Waals surface area contributed by atoms with Crippen LogP contribution in [-0.2, 0) is 21.6 Å². The normalized spacial score (nSPS) is 34.1. The number of ketones is 1. The van der Waals surface area contributed by atoms with Crippen molar-refractivity contribution >= 4 is 29.0 Å². The lowest BCUT2D eigenvalue weighted by atomic mass is 9.48. The maximum absolute atomic E-state index is 13.8. The molecule has 2 aromatic rings. The number of rotatable bonds is 6. The Bertz CT molecular complexity index is 1080. The molecule has 172 valence electrons. The third kappa shape index (κ3) is 3.45. The van der Waals surface area contributed by atoms with Gasteiger partial charge in [0.05, 0.1) is 5.69 Å². The van der Waals surface area contributed by atoms with Crippen molar-refractivity contribution < 1.29 is 14.7 Å². The minimum Gasteiger partial charge on any atom is -0.375 e. The van der Waals surface area contributed by atoms with E-state index < -0.39 is 11.5 Å². The van der Waals surface area contributed by atoms with Crippen LogP contribution in [0.1, 0.15) is 56.1 Å². The zero-order chi connectivity index (χ0) is 22.8. The lowest BCUT2D eigenvalue weighted by Crippen LogP contribution is -2.52. The molecule has 0 unspecified atom stereocenters. The van der Waals surface area contributed by atoms with E-state index in [2.05, 4.69) is 0 Å². The van der Waals surface area contributed by atoms with Gasteiger partial charge in [-0.15, -0.1) is 0 Å². The van der Waals surface area contributed by atoms with E-state index in [0.717, 1.165) is 24.8 Å². The summed E-state index contributed by atoms with van der Waals surface area (Å²) in [5.74, 6) is 1.59. The summed E-state index contributed by atoms with van der Waals surface area (Å²) in [6, 6.07) is 15.2. The standard InChI is InChI=1S/C28H30ClNO3/c29-22-6-7-24-23(13-22)28(33,26(32)30(24)9-8-18-4-2-1-3-5-18)17-25(31)27-14-19-10-20(15-27)12-21(11-19)16-27/h1-7,13,19-21,33H,8-12,14-17H2/t19?,20?,21?,27?,28-/m0/s1. The number of Topliss-reactive ketones (excluding diaryl/α,β-unsaturated/α-hetero) is 1. The number of amides is 1. The maximum atomic E-state index is 13.8. The molecule has 4 nitrogen and oxygen atoms in total. The topological polar surface area (TPSA) is 57.6 Å². The molecular formula is C28H30ClNO3. The fourth-order valence-electron chi connectivity index (χ4n) is 7.67. The highest BCUT2D eigenvalue weighted by molar-refractivity contribution is 6.31. The molecule has 0 saturated heterocycles. The number of hydrogen-bond acceptors (Lipinski definition) is 3. The lowest BCUT2D eigenvalue weighted by molar-refractivity contribution is -0.154. The zero-order valence-electron chi connectivity index (χ0n) is 18.8. The van der Waals surface area contributed by atoms with Gasteiger partial charge in [0.1, 0.15) is 5.78 Å². The van der Waals surface area contributed by atoms with E-state index >= 15 is 0 Å². The summed E-state index contributed by atoms with van der Waals surface area (Å²) in [7, 11) is 0. The molecule has 1 aliphatic heterocycles. The fourth-order valence-corrected chi connectivity index (χ4v) is 7.85. The first-order valence-electron chi connectivity index (χ1n) is 12.3. The molecule has 5 aliphatic rings. The van der Waals surface area contributed by atoms with Crippen molar-refractivity contribution in [1.82, 2.24) is 0 Å². The van der Waals surface area contributed by atoms with E-state index in [4.69, 9.17) is 11.6 Å². The third-order valence-corrected chi connectivity index (χ3v) is 9.04. The van der Waals surface area contributed by atoms with Crippen LogP contribution in [0, 0.1) is 23.2 Å². The van der Waals surface area contributed by atoms with Crippen molar-refractivity contribution in [3.63, 3.8) is 0 Å². The summed E-state index contributed by atoms with van der Waals surface area (Å²) >= 11 is 6.29. The predicted molar refractivity (Wildman–Crippen MR) is 128 cm³/mol. The summed E-state index contributed by atoms with van der Waals surface area (Å²) < 4.78 is 0. The first kappa shape index (κ1) is 21.4. The van der Waals surface area contributed by atoms with Crippen LogP contribution >= 0.6 is 11.6 Å². The molecular weight excluding hydrogens is 434 g/mol. The molecule has 4 bridgehead atoms. The number of carbonyl (C=O) groups excluding carboxylic acids is 2. The van der Waals surface area contributed by atoms with Crippen molar-refractivity contribution in [3.8, 4) is 0 Å². The van der Waals surface area contributed by atoms with Crippen LogP contribution in [0.2, 0.25) is 5.02 Å². The van der Waals surface area contributed by atoms with Crippen LogP contribution in [0.3, 0.4) is 0 Å². The van der Waals surface area contributed by atoms with Crippen molar-refractivity contribution in [2.24, 2.45) is 23.2 Å². The predicted octanol–water partition coefficient (Wildman–Crippen LogP) is 5.29. The Morgan fingerprint density at radius 2 is 1.64 bits per heavy atom. The van der Waals surface area contributed by atoms with Crippen LogP contribution in [0.4, 0.5) is 5.69 Å². The largest absolute Gasteiger partial charge is 0.375 e. The van der Waals surface area contributed by atoms with Crippen molar-refractivity contribution in [3.05, 3.63) is 64.7 Å². The molecule has 1 N–H and O–H groups in total. The lowest BCUT2D eigenvalue weighted by Gasteiger charge is -2.56. The Balaban J connectivity index is 1.29. The number of aliphatic hydroxyl groups is 1. The Morgan fingerprint density at radius 3 is 2.27 bits per heavy atom. The average molecular weight is 464 g/mol. The summed E-state index contributed by atoms with van der Waals surface area (Å²) in [4.78, 5) is 29.1. The highest BCUT2D eigenvalue weighted by Crippen LogP contribution is 2.61. The van der Waals surface area contributed by atoms with E-state index in [1.165, 1.54) is 19.3 Å². The van der Waals surface area contributed by atoms with Crippen LogP contribution in [0.15, 0.2) is 48.5 Å². The molecule has 1 atom stereocenters. The van der Waals surface area contributed by atoms with E-state index in [-0.39, 0.29) is 17.6 Å². The molecule has 4 fully saturated rings. The maximum Gasteiger partial charge on any atom is 0.264 e. The molecule has 0 spiro atoms. The monoisotopic (exact) mass is 463 g/mol. The first-order valence-corrected chi connectivity index (χ1v) is 12.7. The number of anilines is 1. The number of carbonyl (C=O) groups is 2. The smallest absolute Gasteiger partial charge is 0.264 e. The Labute approximate surface area is 199 Å². The molecule has 5 heteroatoms. The summed E-state index contributed by atoms with van der Waals surface area (Å²) in [5, 5.41) is 12.3. The number of hydrogen-bond donors (Lipinski definition) is 1. The highest BCUT2D eigenvalue weighted by atomic mass is 35.5. The molecule has 2 aromatic carbocycles. The minimum atomic E-state index is -1.84.